The number of hydrogen-bond donors (Lipinski definition) is 1. The van der Waals surface area contributed by atoms with E-state index in [4.69, 9.17) is 36.3 Å². The number of esters is 1. The van der Waals surface area contributed by atoms with Crippen LogP contribution in [0.4, 0.5) is 5.69 Å². The molecule has 1 fully saturated rings. The van der Waals surface area contributed by atoms with Crippen LogP contribution in [0.5, 0.6) is 17.2 Å². The molecule has 0 saturated carbocycles. The topological polar surface area (TPSA) is 104 Å². The van der Waals surface area contributed by atoms with Crippen LogP contribution in [-0.2, 0) is 16.1 Å². The van der Waals surface area contributed by atoms with Crippen LogP contribution < -0.4 is 19.9 Å². The first kappa shape index (κ1) is 32.8. The molecule has 2 aliphatic rings. The molecule has 2 heterocycles. The van der Waals surface area contributed by atoms with Crippen molar-refractivity contribution in [3.8, 4) is 17.2 Å². The molecule has 0 radical (unpaired) electrons. The van der Waals surface area contributed by atoms with Gasteiger partial charge in [-0.25, -0.2) is 4.79 Å². The maximum Gasteiger partial charge on any atom is 0.338 e. The van der Waals surface area contributed by atoms with Gasteiger partial charge in [-0.3, -0.25) is 9.69 Å². The molecule has 1 amide bonds. The van der Waals surface area contributed by atoms with Gasteiger partial charge in [-0.2, -0.15) is 0 Å². The van der Waals surface area contributed by atoms with Crippen LogP contribution in [0, 0.1) is 0 Å². The van der Waals surface area contributed by atoms with Crippen molar-refractivity contribution in [2.45, 2.75) is 26.3 Å². The smallest absolute Gasteiger partial charge is 0.338 e. The van der Waals surface area contributed by atoms with E-state index in [1.54, 1.807) is 48.5 Å². The van der Waals surface area contributed by atoms with Crippen LogP contribution in [0.2, 0.25) is 5.02 Å². The van der Waals surface area contributed by atoms with Gasteiger partial charge < -0.3 is 29.6 Å². The first-order valence-corrected chi connectivity index (χ1v) is 14.1. The van der Waals surface area contributed by atoms with Crippen molar-refractivity contribution in [1.82, 2.24) is 9.80 Å². The Morgan fingerprint density at radius 2 is 1.62 bits per heavy atom. The maximum atomic E-state index is 12.4. The highest BCUT2D eigenvalue weighted by Gasteiger charge is 2.22. The van der Waals surface area contributed by atoms with E-state index in [1.165, 1.54) is 5.56 Å². The number of carbonyl (C=O) groups is 2. The molecule has 9 nitrogen and oxygen atoms in total. The lowest BCUT2D eigenvalue weighted by molar-refractivity contribution is -0.135. The summed E-state index contributed by atoms with van der Waals surface area (Å²) >= 11 is 5.85. The number of fused-ring (bicyclic) bond motifs is 1. The normalized spacial score (nSPS) is 13.8. The van der Waals surface area contributed by atoms with Gasteiger partial charge in [0.1, 0.15) is 5.75 Å². The maximum absolute atomic E-state index is 12.4. The van der Waals surface area contributed by atoms with Crippen LogP contribution >= 0.6 is 24.0 Å². The summed E-state index contributed by atoms with van der Waals surface area (Å²) in [5.41, 5.74) is 7.88. The van der Waals surface area contributed by atoms with Gasteiger partial charge in [0.05, 0.1) is 12.2 Å². The van der Waals surface area contributed by atoms with Gasteiger partial charge in [0.15, 0.2) is 18.1 Å². The van der Waals surface area contributed by atoms with E-state index in [-0.39, 0.29) is 37.7 Å². The second-order valence-electron chi connectivity index (χ2n) is 9.70. The molecule has 0 unspecified atom stereocenters. The number of nitrogens with zero attached hydrogens (tertiary/aromatic N) is 2. The third-order valence-electron chi connectivity index (χ3n) is 6.62. The Balaban J connectivity index is 0.000000275. The fourth-order valence-electron chi connectivity index (χ4n) is 4.23. The number of piperazine rings is 1. The molecular weight excluding hydrogens is 581 g/mol. The van der Waals surface area contributed by atoms with Gasteiger partial charge >= 0.3 is 5.97 Å². The second kappa shape index (κ2) is 16.7. The molecule has 0 aliphatic carbocycles. The highest BCUT2D eigenvalue weighted by atomic mass is 35.5. The molecule has 226 valence electrons. The van der Waals surface area contributed by atoms with Crippen molar-refractivity contribution in [3.05, 3.63) is 82.9 Å². The number of benzene rings is 3. The quantitative estimate of drug-likeness (QED) is 0.192. The third kappa shape index (κ3) is 10.0. The molecule has 0 bridgehead atoms. The van der Waals surface area contributed by atoms with Crippen LogP contribution in [0.15, 0.2) is 66.7 Å². The van der Waals surface area contributed by atoms with Crippen molar-refractivity contribution in [1.29, 1.82) is 0 Å². The summed E-state index contributed by atoms with van der Waals surface area (Å²) in [6, 6.07) is 19.8. The summed E-state index contributed by atoms with van der Waals surface area (Å²) in [6.07, 6.45) is 1.93. The van der Waals surface area contributed by atoms with Crippen molar-refractivity contribution >= 4 is 41.6 Å². The number of amides is 1. The largest absolute Gasteiger partial charge is 0.484 e. The van der Waals surface area contributed by atoms with Gasteiger partial charge in [0, 0.05) is 43.4 Å². The molecule has 0 aromatic heterocycles. The zero-order valence-corrected chi connectivity index (χ0v) is 25.2. The fourth-order valence-corrected chi connectivity index (χ4v) is 4.36. The minimum atomic E-state index is -0.279. The van der Waals surface area contributed by atoms with Gasteiger partial charge in [-0.05, 0) is 72.6 Å². The summed E-state index contributed by atoms with van der Waals surface area (Å²) in [6.45, 7) is 6.78. The van der Waals surface area contributed by atoms with E-state index in [0.717, 1.165) is 44.0 Å². The number of nitrogens with two attached hydrogens (primary N) is 1. The van der Waals surface area contributed by atoms with Gasteiger partial charge in [-0.15, -0.1) is 12.4 Å². The van der Waals surface area contributed by atoms with E-state index in [1.807, 2.05) is 17.0 Å². The van der Waals surface area contributed by atoms with Crippen molar-refractivity contribution < 1.29 is 28.5 Å². The Kier molecular flexibility index (Phi) is 13.1. The molecule has 2 N–H and O–H groups in total. The Labute approximate surface area is 257 Å². The number of rotatable bonds is 9. The molecule has 3 aromatic rings. The van der Waals surface area contributed by atoms with E-state index in [9.17, 15) is 9.59 Å². The molecular formula is C31H37Cl2N3O6. The average molecular weight is 619 g/mol. The highest BCUT2D eigenvalue weighted by molar-refractivity contribution is 6.30. The Bertz CT molecular complexity index is 1280. The zero-order valence-electron chi connectivity index (χ0n) is 23.6. The van der Waals surface area contributed by atoms with Crippen molar-refractivity contribution in [3.63, 3.8) is 0 Å². The lowest BCUT2D eigenvalue weighted by Gasteiger charge is -2.34. The number of ether oxygens (including phenoxy) is 4. The van der Waals surface area contributed by atoms with Crippen molar-refractivity contribution in [2.24, 2.45) is 0 Å². The minimum Gasteiger partial charge on any atom is -0.484 e. The Morgan fingerprint density at radius 3 is 2.31 bits per heavy atom. The number of halogens is 2. The van der Waals surface area contributed by atoms with Crippen LogP contribution in [-0.4, -0.2) is 67.9 Å². The van der Waals surface area contributed by atoms with Gasteiger partial charge in [0.25, 0.3) is 5.91 Å². The number of carbonyl (C=O) groups excluding carboxylic acids is 2. The third-order valence-corrected chi connectivity index (χ3v) is 6.87. The number of nitrogen functional groups attached to an aromatic ring is 1. The molecule has 1 saturated heterocycles. The predicted octanol–water partition coefficient (Wildman–Crippen LogP) is 5.44. The lowest BCUT2D eigenvalue weighted by Crippen LogP contribution is -2.49. The first-order chi connectivity index (χ1) is 19.9. The first-order valence-electron chi connectivity index (χ1n) is 13.7. The average Bonchev–Trinajstić information content (AvgIpc) is 3.46. The SMILES string of the molecule is CCCCOC(=O)c1ccc(N)cc1.Cl.O=C(COc1ccc(Cl)cc1)N1CCN(Cc2ccc3c(c2)OCO3)CC1. The van der Waals surface area contributed by atoms with E-state index in [0.29, 0.717) is 41.7 Å². The Morgan fingerprint density at radius 1 is 0.929 bits per heavy atom. The fraction of sp³-hybridized carbons (Fsp3) is 0.355. The number of unbranched alkanes of at least 4 members (excludes halogenated alkanes) is 1. The molecule has 0 spiro atoms. The van der Waals surface area contributed by atoms with Crippen LogP contribution in [0.25, 0.3) is 0 Å². The molecule has 42 heavy (non-hydrogen) atoms. The molecule has 11 heteroatoms. The van der Waals surface area contributed by atoms with E-state index >= 15 is 0 Å². The minimum absolute atomic E-state index is 0. The van der Waals surface area contributed by atoms with Gasteiger partial charge in [-0.1, -0.05) is 31.0 Å². The zero-order chi connectivity index (χ0) is 29.0. The highest BCUT2D eigenvalue weighted by Crippen LogP contribution is 2.32. The monoisotopic (exact) mass is 617 g/mol. The molecule has 0 atom stereocenters. The summed E-state index contributed by atoms with van der Waals surface area (Å²) in [7, 11) is 0. The molecule has 3 aromatic carbocycles. The Hall–Kier alpha value is -3.66. The van der Waals surface area contributed by atoms with Gasteiger partial charge in [0.2, 0.25) is 6.79 Å². The van der Waals surface area contributed by atoms with E-state index in [2.05, 4.69) is 17.9 Å². The predicted molar refractivity (Wildman–Crippen MR) is 165 cm³/mol. The van der Waals surface area contributed by atoms with Crippen LogP contribution in [0.1, 0.15) is 35.7 Å². The van der Waals surface area contributed by atoms with E-state index < -0.39 is 0 Å². The lowest BCUT2D eigenvalue weighted by atomic mass is 10.1. The number of hydrogen-bond acceptors (Lipinski definition) is 8. The summed E-state index contributed by atoms with van der Waals surface area (Å²) in [5, 5.41) is 0.646. The molecule has 5 rings (SSSR count). The summed E-state index contributed by atoms with van der Waals surface area (Å²) in [5.74, 6) is 1.98. The summed E-state index contributed by atoms with van der Waals surface area (Å²) < 4.78 is 21.4. The molecule has 2 aliphatic heterocycles. The second-order valence-corrected chi connectivity index (χ2v) is 10.1. The number of anilines is 1. The van der Waals surface area contributed by atoms with Crippen LogP contribution in [0.3, 0.4) is 0 Å². The summed E-state index contributed by atoms with van der Waals surface area (Å²) in [4.78, 5) is 27.9. The van der Waals surface area contributed by atoms with Crippen molar-refractivity contribution in [2.75, 3.05) is 51.9 Å². The standard InChI is InChI=1S/C20H21ClN2O4.C11H15NO2.ClH/c21-16-2-4-17(5-3-16)25-13-20(24)23-9-7-22(8-10-23)12-15-1-6-18-19(11-15)27-14-26-18;1-2-3-8-14-11(13)9-4-6-10(12)7-5-9;/h1-6,11H,7-10,12-14H2;4-7H,2-3,8,12H2,1H3;1H.